The maximum atomic E-state index is 5.91. The summed E-state index contributed by atoms with van der Waals surface area (Å²) in [5.74, 6) is 0.976. The molecule has 1 aliphatic heterocycles. The van der Waals surface area contributed by atoms with Gasteiger partial charge in [-0.2, -0.15) is 0 Å². The maximum Gasteiger partial charge on any atom is 0.142 e. The molecule has 1 aromatic rings. The van der Waals surface area contributed by atoms with Gasteiger partial charge in [-0.1, -0.05) is 11.6 Å². The van der Waals surface area contributed by atoms with Crippen LogP contribution >= 0.6 is 27.5 Å². The van der Waals surface area contributed by atoms with E-state index in [9.17, 15) is 0 Å². The number of pyridine rings is 1. The average molecular weight is 319 g/mol. The van der Waals surface area contributed by atoms with Crippen molar-refractivity contribution in [1.82, 2.24) is 9.88 Å². The summed E-state index contributed by atoms with van der Waals surface area (Å²) in [7, 11) is 4.28. The molecular weight excluding hydrogens is 302 g/mol. The number of hydrogen-bond donors (Lipinski definition) is 0. The van der Waals surface area contributed by atoms with E-state index in [1.54, 1.807) is 6.20 Å². The van der Waals surface area contributed by atoms with Gasteiger partial charge in [-0.25, -0.2) is 4.98 Å². The molecule has 2 rings (SSSR count). The standard InChI is InChI=1S/C12H17BrClN3/c1-16-5-3-10(4-6-16)17(2)12-11(13)7-9(14)8-15-12/h7-8,10H,3-6H2,1-2H3. The Bertz CT molecular complexity index is 391. The largest absolute Gasteiger partial charge is 0.356 e. The van der Waals surface area contributed by atoms with E-state index in [1.807, 2.05) is 6.07 Å². The highest BCUT2D eigenvalue weighted by Crippen LogP contribution is 2.29. The van der Waals surface area contributed by atoms with Crippen LogP contribution in [-0.4, -0.2) is 43.1 Å². The molecule has 0 bridgehead atoms. The van der Waals surface area contributed by atoms with Gasteiger partial charge in [0, 0.05) is 19.3 Å². The molecule has 0 N–H and O–H groups in total. The van der Waals surface area contributed by atoms with Crippen molar-refractivity contribution in [3.05, 3.63) is 21.8 Å². The first-order chi connectivity index (χ1) is 8.08. The van der Waals surface area contributed by atoms with Crippen molar-refractivity contribution in [2.75, 3.05) is 32.1 Å². The highest BCUT2D eigenvalue weighted by Gasteiger charge is 2.22. The third kappa shape index (κ3) is 3.12. The number of anilines is 1. The zero-order valence-corrected chi connectivity index (χ0v) is 12.5. The molecule has 1 aliphatic rings. The fraction of sp³-hybridized carbons (Fsp3) is 0.583. The highest BCUT2D eigenvalue weighted by atomic mass is 79.9. The molecule has 5 heteroatoms. The fourth-order valence-electron chi connectivity index (χ4n) is 2.22. The van der Waals surface area contributed by atoms with Crippen LogP contribution in [0.15, 0.2) is 16.7 Å². The number of hydrogen-bond acceptors (Lipinski definition) is 3. The first-order valence-electron chi connectivity index (χ1n) is 5.80. The molecule has 94 valence electrons. The number of rotatable bonds is 2. The van der Waals surface area contributed by atoms with Crippen LogP contribution in [0.1, 0.15) is 12.8 Å². The molecule has 2 heterocycles. The Hall–Kier alpha value is -0.320. The SMILES string of the molecule is CN1CCC(N(C)c2ncc(Cl)cc2Br)CC1. The van der Waals surface area contributed by atoms with Gasteiger partial charge in [0.25, 0.3) is 0 Å². The van der Waals surface area contributed by atoms with Crippen LogP contribution in [0.3, 0.4) is 0 Å². The van der Waals surface area contributed by atoms with Gasteiger partial charge in [0.15, 0.2) is 0 Å². The lowest BCUT2D eigenvalue weighted by molar-refractivity contribution is 0.252. The Balaban J connectivity index is 2.11. The molecular formula is C12H17BrClN3. The Morgan fingerprint density at radius 1 is 1.47 bits per heavy atom. The van der Waals surface area contributed by atoms with Crippen LogP contribution in [0.5, 0.6) is 0 Å². The molecule has 0 atom stereocenters. The van der Waals surface area contributed by atoms with E-state index in [0.717, 1.165) is 23.4 Å². The molecule has 0 radical (unpaired) electrons. The van der Waals surface area contributed by atoms with Crippen molar-refractivity contribution in [2.24, 2.45) is 0 Å². The van der Waals surface area contributed by atoms with E-state index in [1.165, 1.54) is 12.8 Å². The molecule has 17 heavy (non-hydrogen) atoms. The summed E-state index contributed by atoms with van der Waals surface area (Å²) in [5, 5.41) is 0.664. The molecule has 0 spiro atoms. The third-order valence-corrected chi connectivity index (χ3v) is 4.15. The first kappa shape index (κ1) is 13.1. The van der Waals surface area contributed by atoms with Crippen molar-refractivity contribution in [1.29, 1.82) is 0 Å². The fourth-order valence-corrected chi connectivity index (χ4v) is 3.14. The monoisotopic (exact) mass is 317 g/mol. The van der Waals surface area contributed by atoms with E-state index in [4.69, 9.17) is 11.6 Å². The first-order valence-corrected chi connectivity index (χ1v) is 6.97. The van der Waals surface area contributed by atoms with Crippen LogP contribution in [0.4, 0.5) is 5.82 Å². The van der Waals surface area contributed by atoms with Crippen LogP contribution in [0, 0.1) is 0 Å². The summed E-state index contributed by atoms with van der Waals surface area (Å²) in [6.45, 7) is 2.31. The second kappa shape index (κ2) is 5.55. The second-order valence-electron chi connectivity index (χ2n) is 4.60. The summed E-state index contributed by atoms with van der Waals surface area (Å²) in [6, 6.07) is 2.46. The number of aromatic nitrogens is 1. The lowest BCUT2D eigenvalue weighted by Crippen LogP contribution is -2.42. The minimum atomic E-state index is 0.566. The van der Waals surface area contributed by atoms with Crippen LogP contribution in [0.2, 0.25) is 5.02 Å². The Morgan fingerprint density at radius 3 is 2.71 bits per heavy atom. The lowest BCUT2D eigenvalue weighted by Gasteiger charge is -2.36. The molecule has 0 amide bonds. The van der Waals surface area contributed by atoms with Crippen LogP contribution in [-0.2, 0) is 0 Å². The smallest absolute Gasteiger partial charge is 0.142 e. The normalized spacial score (nSPS) is 18.4. The Labute approximate surface area is 116 Å². The topological polar surface area (TPSA) is 19.4 Å². The molecule has 0 saturated carbocycles. The number of nitrogens with zero attached hydrogens (tertiary/aromatic N) is 3. The Kier molecular flexibility index (Phi) is 4.28. The van der Waals surface area contributed by atoms with E-state index in [0.29, 0.717) is 11.1 Å². The quantitative estimate of drug-likeness (QED) is 0.835. The van der Waals surface area contributed by atoms with E-state index in [2.05, 4.69) is 44.8 Å². The third-order valence-electron chi connectivity index (χ3n) is 3.36. The van der Waals surface area contributed by atoms with Crippen molar-refractivity contribution in [3.63, 3.8) is 0 Å². The molecule has 1 fully saturated rings. The van der Waals surface area contributed by atoms with Gasteiger partial charge in [0.2, 0.25) is 0 Å². The molecule has 0 unspecified atom stereocenters. The van der Waals surface area contributed by atoms with E-state index >= 15 is 0 Å². The van der Waals surface area contributed by atoms with Crippen molar-refractivity contribution >= 4 is 33.3 Å². The summed E-state index contributed by atoms with van der Waals surface area (Å²) in [4.78, 5) is 9.03. The van der Waals surface area contributed by atoms with Crippen molar-refractivity contribution in [2.45, 2.75) is 18.9 Å². The summed E-state index contributed by atoms with van der Waals surface area (Å²) >= 11 is 9.44. The maximum absolute atomic E-state index is 5.91. The van der Waals surface area contributed by atoms with E-state index in [-0.39, 0.29) is 0 Å². The van der Waals surface area contributed by atoms with Gasteiger partial charge >= 0.3 is 0 Å². The van der Waals surface area contributed by atoms with Gasteiger partial charge in [0.05, 0.1) is 9.50 Å². The second-order valence-corrected chi connectivity index (χ2v) is 5.90. The number of likely N-dealkylation sites (tertiary alicyclic amines) is 1. The molecule has 1 saturated heterocycles. The van der Waals surface area contributed by atoms with Crippen molar-refractivity contribution in [3.8, 4) is 0 Å². The molecule has 3 nitrogen and oxygen atoms in total. The number of halogens is 2. The summed E-state index contributed by atoms with van der Waals surface area (Å²) < 4.78 is 0.964. The molecule has 1 aromatic heterocycles. The lowest BCUT2D eigenvalue weighted by atomic mass is 10.0. The van der Waals surface area contributed by atoms with Gasteiger partial charge in [-0.05, 0) is 55.0 Å². The molecule has 0 aliphatic carbocycles. The van der Waals surface area contributed by atoms with Gasteiger partial charge in [-0.15, -0.1) is 0 Å². The predicted octanol–water partition coefficient (Wildman–Crippen LogP) is 3.03. The highest BCUT2D eigenvalue weighted by molar-refractivity contribution is 9.10. The minimum absolute atomic E-state index is 0.566. The van der Waals surface area contributed by atoms with E-state index < -0.39 is 0 Å². The Morgan fingerprint density at radius 2 is 2.12 bits per heavy atom. The van der Waals surface area contributed by atoms with Gasteiger partial charge in [-0.3, -0.25) is 0 Å². The van der Waals surface area contributed by atoms with Gasteiger partial charge < -0.3 is 9.80 Å². The summed E-state index contributed by atoms with van der Waals surface area (Å²) in [5.41, 5.74) is 0. The van der Waals surface area contributed by atoms with Crippen LogP contribution < -0.4 is 4.90 Å². The van der Waals surface area contributed by atoms with Crippen LogP contribution in [0.25, 0.3) is 0 Å². The van der Waals surface area contributed by atoms with Gasteiger partial charge in [0.1, 0.15) is 5.82 Å². The van der Waals surface area contributed by atoms with Crippen molar-refractivity contribution < 1.29 is 0 Å². The minimum Gasteiger partial charge on any atom is -0.356 e. The number of piperidine rings is 1. The zero-order chi connectivity index (χ0) is 12.4. The zero-order valence-electron chi connectivity index (χ0n) is 10.2. The molecule has 0 aromatic carbocycles. The summed E-state index contributed by atoms with van der Waals surface area (Å²) in [6.07, 6.45) is 4.07. The predicted molar refractivity (Wildman–Crippen MR) is 75.9 cm³/mol. The average Bonchev–Trinajstić information content (AvgIpc) is 2.29.